The highest BCUT2D eigenvalue weighted by atomic mass is 79.9. The minimum absolute atomic E-state index is 0.401. The lowest BCUT2D eigenvalue weighted by atomic mass is 9.89. The maximum absolute atomic E-state index is 3.66. The second kappa shape index (κ2) is 6.19. The van der Waals surface area contributed by atoms with Crippen LogP contribution in [0.5, 0.6) is 0 Å². The lowest BCUT2D eigenvalue weighted by Gasteiger charge is -2.16. The Morgan fingerprint density at radius 2 is 1.81 bits per heavy atom. The van der Waals surface area contributed by atoms with Gasteiger partial charge in [0.15, 0.2) is 0 Å². The van der Waals surface area contributed by atoms with E-state index in [0.29, 0.717) is 5.92 Å². The van der Waals surface area contributed by atoms with E-state index in [1.54, 1.807) is 0 Å². The van der Waals surface area contributed by atoms with Crippen LogP contribution in [0.3, 0.4) is 0 Å². The van der Waals surface area contributed by atoms with Crippen molar-refractivity contribution in [2.75, 3.05) is 0 Å². The van der Waals surface area contributed by atoms with Crippen LogP contribution in [0.15, 0.2) is 46.9 Å². The molecule has 0 saturated carbocycles. The van der Waals surface area contributed by atoms with E-state index < -0.39 is 0 Å². The topological polar surface area (TPSA) is 0 Å². The third-order valence-corrected chi connectivity index (χ3v) is 5.28. The van der Waals surface area contributed by atoms with Crippen LogP contribution in [-0.4, -0.2) is 0 Å². The summed E-state index contributed by atoms with van der Waals surface area (Å²) in [6, 6.07) is 13.5. The summed E-state index contributed by atoms with van der Waals surface area (Å²) in [5, 5.41) is 0. The number of hydrogen-bond acceptors (Lipinski definition) is 0. The van der Waals surface area contributed by atoms with Crippen molar-refractivity contribution in [1.82, 2.24) is 0 Å². The first-order chi connectivity index (χ1) is 10.2. The maximum atomic E-state index is 3.66. The highest BCUT2D eigenvalue weighted by molar-refractivity contribution is 9.10. The smallest absolute Gasteiger partial charge is 0.0281 e. The van der Waals surface area contributed by atoms with Gasteiger partial charge in [0, 0.05) is 10.4 Å². The van der Waals surface area contributed by atoms with Crippen LogP contribution in [0.25, 0.3) is 6.08 Å². The van der Waals surface area contributed by atoms with Crippen molar-refractivity contribution in [2.24, 2.45) is 0 Å². The molecular formula is C20H21Br. The van der Waals surface area contributed by atoms with Crippen molar-refractivity contribution in [1.29, 1.82) is 0 Å². The van der Waals surface area contributed by atoms with Crippen LogP contribution in [0, 0.1) is 6.92 Å². The molecule has 1 heteroatoms. The number of rotatable bonds is 4. The van der Waals surface area contributed by atoms with E-state index in [2.05, 4.69) is 78.3 Å². The van der Waals surface area contributed by atoms with Gasteiger partial charge in [0.05, 0.1) is 0 Å². The molecule has 1 aliphatic carbocycles. The summed E-state index contributed by atoms with van der Waals surface area (Å²) in [5.41, 5.74) is 7.01. The quantitative estimate of drug-likeness (QED) is 0.616. The molecule has 0 saturated heterocycles. The molecule has 1 aliphatic rings. The Morgan fingerprint density at radius 1 is 1.05 bits per heavy atom. The van der Waals surface area contributed by atoms with E-state index in [1.807, 2.05) is 0 Å². The minimum Gasteiger partial charge on any atom is -0.0720 e. The Labute approximate surface area is 136 Å². The molecule has 0 nitrogen and oxygen atoms in total. The molecule has 21 heavy (non-hydrogen) atoms. The summed E-state index contributed by atoms with van der Waals surface area (Å²) in [6.07, 6.45) is 8.30. The molecule has 108 valence electrons. The van der Waals surface area contributed by atoms with Gasteiger partial charge in [-0.2, -0.15) is 0 Å². The molecule has 0 N–H and O–H groups in total. The number of allylic oxidation sites excluding steroid dienone is 1. The Balaban J connectivity index is 1.90. The van der Waals surface area contributed by atoms with Crippen LogP contribution >= 0.6 is 15.9 Å². The maximum Gasteiger partial charge on any atom is 0.0281 e. The van der Waals surface area contributed by atoms with Gasteiger partial charge in [-0.25, -0.2) is 0 Å². The first-order valence-electron chi connectivity index (χ1n) is 7.76. The van der Waals surface area contributed by atoms with Gasteiger partial charge in [-0.3, -0.25) is 0 Å². The molecule has 0 aromatic heterocycles. The monoisotopic (exact) mass is 340 g/mol. The van der Waals surface area contributed by atoms with Gasteiger partial charge in [0.1, 0.15) is 0 Å². The Kier molecular flexibility index (Phi) is 4.30. The van der Waals surface area contributed by atoms with Crippen molar-refractivity contribution < 1.29 is 0 Å². The van der Waals surface area contributed by atoms with Gasteiger partial charge in [-0.1, -0.05) is 71.8 Å². The average molecular weight is 341 g/mol. The molecule has 0 heterocycles. The van der Waals surface area contributed by atoms with Crippen LogP contribution in [0.2, 0.25) is 0 Å². The summed E-state index contributed by atoms with van der Waals surface area (Å²) in [5.74, 6) is 0.401. The molecule has 0 spiro atoms. The molecule has 0 radical (unpaired) electrons. The zero-order valence-electron chi connectivity index (χ0n) is 12.7. The standard InChI is InChI=1S/C20H21Br/c1-3-4-5-15-6-8-16(9-7-15)18-12-10-17-11-13-19(21)14(2)20(17)18/h6-13,18H,3-5H2,1-2H3. The van der Waals surface area contributed by atoms with Gasteiger partial charge in [0.2, 0.25) is 0 Å². The van der Waals surface area contributed by atoms with E-state index in [9.17, 15) is 0 Å². The molecule has 2 aromatic rings. The van der Waals surface area contributed by atoms with Crippen molar-refractivity contribution in [3.8, 4) is 0 Å². The van der Waals surface area contributed by atoms with E-state index in [0.717, 1.165) is 0 Å². The van der Waals surface area contributed by atoms with E-state index in [4.69, 9.17) is 0 Å². The van der Waals surface area contributed by atoms with Gasteiger partial charge in [0.25, 0.3) is 0 Å². The summed E-state index contributed by atoms with van der Waals surface area (Å²) in [6.45, 7) is 4.45. The third kappa shape index (κ3) is 2.85. The van der Waals surface area contributed by atoms with Gasteiger partial charge >= 0.3 is 0 Å². The first kappa shape index (κ1) is 14.6. The highest BCUT2D eigenvalue weighted by Crippen LogP contribution is 2.39. The lowest BCUT2D eigenvalue weighted by molar-refractivity contribution is 0.794. The van der Waals surface area contributed by atoms with Crippen molar-refractivity contribution >= 4 is 22.0 Å². The minimum atomic E-state index is 0.401. The highest BCUT2D eigenvalue weighted by Gasteiger charge is 2.22. The summed E-state index contributed by atoms with van der Waals surface area (Å²) >= 11 is 3.66. The third-order valence-electron chi connectivity index (χ3n) is 4.42. The van der Waals surface area contributed by atoms with Crippen LogP contribution < -0.4 is 0 Å². The van der Waals surface area contributed by atoms with Crippen LogP contribution in [0.1, 0.15) is 53.5 Å². The van der Waals surface area contributed by atoms with Crippen LogP contribution in [0.4, 0.5) is 0 Å². The van der Waals surface area contributed by atoms with E-state index in [1.165, 1.54) is 51.6 Å². The van der Waals surface area contributed by atoms with Crippen molar-refractivity contribution in [2.45, 2.75) is 39.0 Å². The SMILES string of the molecule is CCCCc1ccc(C2C=Cc3ccc(Br)c(C)c32)cc1. The largest absolute Gasteiger partial charge is 0.0720 e. The molecule has 1 atom stereocenters. The summed E-state index contributed by atoms with van der Waals surface area (Å²) in [7, 11) is 0. The fourth-order valence-corrected chi connectivity index (χ4v) is 3.47. The second-order valence-electron chi connectivity index (χ2n) is 5.86. The number of benzene rings is 2. The average Bonchev–Trinajstić information content (AvgIpc) is 2.94. The lowest BCUT2D eigenvalue weighted by Crippen LogP contribution is -2.00. The molecule has 0 amide bonds. The Hall–Kier alpha value is -1.34. The van der Waals surface area contributed by atoms with E-state index >= 15 is 0 Å². The molecule has 1 unspecified atom stereocenters. The molecule has 2 aromatic carbocycles. The van der Waals surface area contributed by atoms with E-state index in [-0.39, 0.29) is 0 Å². The van der Waals surface area contributed by atoms with Gasteiger partial charge in [-0.05, 0) is 53.6 Å². The molecular weight excluding hydrogens is 320 g/mol. The van der Waals surface area contributed by atoms with Crippen molar-refractivity contribution in [3.63, 3.8) is 0 Å². The second-order valence-corrected chi connectivity index (χ2v) is 6.71. The zero-order valence-corrected chi connectivity index (χ0v) is 14.3. The summed E-state index contributed by atoms with van der Waals surface area (Å²) in [4.78, 5) is 0. The Morgan fingerprint density at radius 3 is 2.52 bits per heavy atom. The fourth-order valence-electron chi connectivity index (χ4n) is 3.13. The Bertz CT molecular complexity index is 665. The molecule has 0 bridgehead atoms. The fraction of sp³-hybridized carbons (Fsp3) is 0.300. The number of fused-ring (bicyclic) bond motifs is 1. The molecule has 0 fully saturated rings. The number of aryl methyl sites for hydroxylation is 1. The molecule has 3 rings (SSSR count). The predicted molar refractivity (Wildman–Crippen MR) is 94.8 cm³/mol. The predicted octanol–water partition coefficient (Wildman–Crippen LogP) is 6.26. The van der Waals surface area contributed by atoms with Crippen LogP contribution in [-0.2, 0) is 6.42 Å². The number of hydrogen-bond donors (Lipinski definition) is 0. The first-order valence-corrected chi connectivity index (χ1v) is 8.56. The summed E-state index contributed by atoms with van der Waals surface area (Å²) < 4.78 is 1.20. The number of halogens is 1. The van der Waals surface area contributed by atoms with Crippen molar-refractivity contribution in [3.05, 3.63) is 74.8 Å². The van der Waals surface area contributed by atoms with Gasteiger partial charge < -0.3 is 0 Å². The normalized spacial score (nSPS) is 16.2. The van der Waals surface area contributed by atoms with Gasteiger partial charge in [-0.15, -0.1) is 0 Å². The zero-order chi connectivity index (χ0) is 14.8. The number of unbranched alkanes of at least 4 members (excludes halogenated alkanes) is 1. The molecule has 0 aliphatic heterocycles.